The van der Waals surface area contributed by atoms with Crippen LogP contribution < -0.4 is 19.5 Å². The molecule has 0 aliphatic heterocycles. The molecule has 2 aromatic carbocycles. The quantitative estimate of drug-likeness (QED) is 0.526. The van der Waals surface area contributed by atoms with E-state index in [2.05, 4.69) is 15.3 Å². The molecule has 0 aliphatic rings. The number of carbonyl (C=O) groups is 1. The minimum Gasteiger partial charge on any atom is -0.497 e. The summed E-state index contributed by atoms with van der Waals surface area (Å²) < 4.78 is 15.7. The number of rotatable bonds is 10. The number of carboxylic acids is 1. The van der Waals surface area contributed by atoms with Gasteiger partial charge in [-0.1, -0.05) is 24.3 Å². The second-order valence-electron chi connectivity index (χ2n) is 6.36. The first-order valence-corrected chi connectivity index (χ1v) is 9.32. The van der Waals surface area contributed by atoms with E-state index in [0.29, 0.717) is 23.8 Å². The molecule has 0 spiro atoms. The predicted octanol–water partition coefficient (Wildman–Crippen LogP) is 3.28. The third-order valence-corrected chi connectivity index (χ3v) is 4.26. The van der Waals surface area contributed by atoms with Crippen LogP contribution in [0.2, 0.25) is 0 Å². The topological polar surface area (TPSA) is 103 Å². The molecule has 3 rings (SSSR count). The highest BCUT2D eigenvalue weighted by Gasteiger charge is 2.09. The third kappa shape index (κ3) is 5.84. The molecule has 0 unspecified atom stereocenters. The van der Waals surface area contributed by atoms with E-state index in [-0.39, 0.29) is 6.01 Å². The Morgan fingerprint density at radius 2 is 1.80 bits per heavy atom. The number of benzene rings is 2. The molecule has 1 aromatic heterocycles. The molecule has 0 fully saturated rings. The highest BCUT2D eigenvalue weighted by atomic mass is 16.5. The summed E-state index contributed by atoms with van der Waals surface area (Å²) in [7, 11) is 3.15. The number of nitrogens with zero attached hydrogens (tertiary/aromatic N) is 2. The minimum atomic E-state index is -1.03. The molecule has 30 heavy (non-hydrogen) atoms. The summed E-state index contributed by atoms with van der Waals surface area (Å²) in [4.78, 5) is 19.4. The normalized spacial score (nSPS) is 10.3. The first kappa shape index (κ1) is 20.9. The van der Waals surface area contributed by atoms with Crippen molar-refractivity contribution < 1.29 is 24.1 Å². The first-order chi connectivity index (χ1) is 14.6. The summed E-state index contributed by atoms with van der Waals surface area (Å²) in [5, 5.41) is 12.1. The van der Waals surface area contributed by atoms with Crippen molar-refractivity contribution in [1.82, 2.24) is 9.97 Å². The van der Waals surface area contributed by atoms with E-state index in [0.717, 1.165) is 17.7 Å². The molecule has 8 nitrogen and oxygen atoms in total. The average Bonchev–Trinajstić information content (AvgIpc) is 2.78. The fourth-order valence-electron chi connectivity index (χ4n) is 2.77. The van der Waals surface area contributed by atoms with Crippen molar-refractivity contribution in [2.24, 2.45) is 0 Å². The number of carboxylic acid groups (broad SMARTS) is 1. The van der Waals surface area contributed by atoms with E-state index in [9.17, 15) is 4.79 Å². The van der Waals surface area contributed by atoms with Crippen LogP contribution in [0.3, 0.4) is 0 Å². The van der Waals surface area contributed by atoms with Crippen molar-refractivity contribution in [3.8, 4) is 28.8 Å². The SMILES string of the molecule is COc1ccc(CCNc2cc(-c3cccc(OCC(=O)O)c3)nc(OC)n2)cc1. The lowest BCUT2D eigenvalue weighted by atomic mass is 10.1. The van der Waals surface area contributed by atoms with E-state index in [1.807, 2.05) is 36.4 Å². The molecule has 3 aromatic rings. The van der Waals surface area contributed by atoms with Crippen LogP contribution in [-0.2, 0) is 11.2 Å². The van der Waals surface area contributed by atoms with Gasteiger partial charge in [-0.25, -0.2) is 4.79 Å². The van der Waals surface area contributed by atoms with E-state index < -0.39 is 12.6 Å². The van der Waals surface area contributed by atoms with Crippen LogP contribution in [0.5, 0.6) is 17.5 Å². The maximum Gasteiger partial charge on any atom is 0.341 e. The number of aliphatic carboxylic acids is 1. The largest absolute Gasteiger partial charge is 0.497 e. The fourth-order valence-corrected chi connectivity index (χ4v) is 2.77. The summed E-state index contributed by atoms with van der Waals surface area (Å²) in [6, 6.07) is 17.0. The Kier molecular flexibility index (Phi) is 7.05. The van der Waals surface area contributed by atoms with E-state index in [1.54, 1.807) is 25.3 Å². The van der Waals surface area contributed by atoms with Crippen molar-refractivity contribution >= 4 is 11.8 Å². The highest BCUT2D eigenvalue weighted by Crippen LogP contribution is 2.26. The molecule has 2 N–H and O–H groups in total. The second-order valence-corrected chi connectivity index (χ2v) is 6.36. The van der Waals surface area contributed by atoms with Gasteiger partial charge in [0.2, 0.25) is 0 Å². The lowest BCUT2D eigenvalue weighted by molar-refractivity contribution is -0.139. The van der Waals surface area contributed by atoms with Crippen LogP contribution in [0.4, 0.5) is 5.82 Å². The van der Waals surface area contributed by atoms with Crippen LogP contribution in [0, 0.1) is 0 Å². The van der Waals surface area contributed by atoms with Gasteiger partial charge in [-0.15, -0.1) is 0 Å². The smallest absolute Gasteiger partial charge is 0.341 e. The Labute approximate surface area is 174 Å². The Morgan fingerprint density at radius 3 is 2.50 bits per heavy atom. The van der Waals surface area contributed by atoms with Crippen molar-refractivity contribution in [3.63, 3.8) is 0 Å². The molecular formula is C22H23N3O5. The molecule has 156 valence electrons. The molecule has 0 saturated carbocycles. The lowest BCUT2D eigenvalue weighted by Gasteiger charge is -2.11. The van der Waals surface area contributed by atoms with Gasteiger partial charge in [0.1, 0.15) is 17.3 Å². The maximum atomic E-state index is 10.7. The Bertz CT molecular complexity index is 992. The van der Waals surface area contributed by atoms with Gasteiger partial charge in [0.25, 0.3) is 0 Å². The first-order valence-electron chi connectivity index (χ1n) is 9.32. The molecule has 0 radical (unpaired) electrons. The number of hydrogen-bond donors (Lipinski definition) is 2. The molecule has 0 amide bonds. The number of aromatic nitrogens is 2. The predicted molar refractivity (Wildman–Crippen MR) is 112 cm³/mol. The van der Waals surface area contributed by atoms with Crippen molar-refractivity contribution in [3.05, 3.63) is 60.2 Å². The van der Waals surface area contributed by atoms with Crippen LogP contribution >= 0.6 is 0 Å². The fraction of sp³-hybridized carbons (Fsp3) is 0.227. The van der Waals surface area contributed by atoms with Gasteiger partial charge in [-0.3, -0.25) is 0 Å². The summed E-state index contributed by atoms with van der Waals surface area (Å²) >= 11 is 0. The van der Waals surface area contributed by atoms with E-state index in [4.69, 9.17) is 19.3 Å². The number of nitrogens with one attached hydrogen (secondary N) is 1. The maximum absolute atomic E-state index is 10.7. The zero-order valence-corrected chi connectivity index (χ0v) is 16.8. The van der Waals surface area contributed by atoms with E-state index >= 15 is 0 Å². The van der Waals surface area contributed by atoms with E-state index in [1.165, 1.54) is 12.7 Å². The van der Waals surface area contributed by atoms with Crippen molar-refractivity contribution in [2.75, 3.05) is 32.7 Å². The molecule has 0 atom stereocenters. The van der Waals surface area contributed by atoms with Gasteiger partial charge >= 0.3 is 12.0 Å². The van der Waals surface area contributed by atoms with Gasteiger partial charge in [0, 0.05) is 18.2 Å². The number of methoxy groups -OCH3 is 2. The van der Waals surface area contributed by atoms with Gasteiger partial charge < -0.3 is 24.6 Å². The molecule has 0 saturated heterocycles. The van der Waals surface area contributed by atoms with Crippen molar-refractivity contribution in [1.29, 1.82) is 0 Å². The zero-order valence-electron chi connectivity index (χ0n) is 16.8. The molecule has 0 aliphatic carbocycles. The molecular weight excluding hydrogens is 386 g/mol. The third-order valence-electron chi connectivity index (χ3n) is 4.26. The average molecular weight is 409 g/mol. The van der Waals surface area contributed by atoms with Gasteiger partial charge in [0.15, 0.2) is 6.61 Å². The Hall–Kier alpha value is -3.81. The van der Waals surface area contributed by atoms with Crippen LogP contribution in [0.25, 0.3) is 11.3 Å². The zero-order chi connectivity index (χ0) is 21.3. The standard InChI is InChI=1S/C22H23N3O5/c1-28-17-8-6-15(7-9-17)10-11-23-20-13-19(24-22(25-20)29-2)16-4-3-5-18(12-16)30-14-21(26)27/h3-9,12-13H,10-11,14H2,1-2H3,(H,26,27)(H,23,24,25). The van der Waals surface area contributed by atoms with Crippen LogP contribution in [0.15, 0.2) is 54.6 Å². The summed E-state index contributed by atoms with van der Waals surface area (Å²) in [6.45, 7) is 0.266. The van der Waals surface area contributed by atoms with Gasteiger partial charge in [-0.2, -0.15) is 9.97 Å². The number of ether oxygens (including phenoxy) is 3. The summed E-state index contributed by atoms with van der Waals surface area (Å²) in [5.41, 5.74) is 2.57. The van der Waals surface area contributed by atoms with Gasteiger partial charge in [-0.05, 0) is 36.2 Å². The number of hydrogen-bond acceptors (Lipinski definition) is 7. The summed E-state index contributed by atoms with van der Waals surface area (Å²) in [5.74, 6) is 0.864. The summed E-state index contributed by atoms with van der Waals surface area (Å²) in [6.07, 6.45) is 0.810. The number of anilines is 1. The Morgan fingerprint density at radius 1 is 1.00 bits per heavy atom. The van der Waals surface area contributed by atoms with Gasteiger partial charge in [0.05, 0.1) is 19.9 Å². The molecule has 1 heterocycles. The monoisotopic (exact) mass is 409 g/mol. The highest BCUT2D eigenvalue weighted by molar-refractivity contribution is 5.69. The molecule has 0 bridgehead atoms. The Balaban J connectivity index is 1.71. The van der Waals surface area contributed by atoms with Crippen LogP contribution in [-0.4, -0.2) is 48.4 Å². The minimum absolute atomic E-state index is 0.233. The second kappa shape index (κ2) is 10.1. The van der Waals surface area contributed by atoms with Crippen molar-refractivity contribution in [2.45, 2.75) is 6.42 Å². The molecule has 8 heteroatoms. The lowest BCUT2D eigenvalue weighted by Crippen LogP contribution is -2.09. The van der Waals surface area contributed by atoms with Crippen LogP contribution in [0.1, 0.15) is 5.56 Å².